The third-order valence-electron chi connectivity index (χ3n) is 6.44. The maximum absolute atomic E-state index is 11.9. The number of ether oxygens (including phenoxy) is 2. The molecule has 0 N–H and O–H groups in total. The van der Waals surface area contributed by atoms with Gasteiger partial charge in [0.2, 0.25) is 5.88 Å². The Hall–Kier alpha value is -2.97. The highest BCUT2D eigenvalue weighted by molar-refractivity contribution is 5.88. The average Bonchev–Trinajstić information content (AvgIpc) is 3.41. The van der Waals surface area contributed by atoms with Gasteiger partial charge in [-0.05, 0) is 49.9 Å². The Morgan fingerprint density at radius 1 is 1.12 bits per heavy atom. The Bertz CT molecular complexity index is 1090. The van der Waals surface area contributed by atoms with Crippen LogP contribution in [0, 0.1) is 17.3 Å². The number of nitrogens with zero attached hydrogens (tertiary/aromatic N) is 6. The molecule has 1 aliphatic carbocycles. The van der Waals surface area contributed by atoms with Crippen LogP contribution in [0.4, 0.5) is 0 Å². The maximum atomic E-state index is 11.9. The third kappa shape index (κ3) is 4.47. The van der Waals surface area contributed by atoms with Crippen LogP contribution in [0.5, 0.6) is 5.88 Å². The highest BCUT2D eigenvalue weighted by Crippen LogP contribution is 2.40. The van der Waals surface area contributed by atoms with Gasteiger partial charge in [0.15, 0.2) is 0 Å². The lowest BCUT2D eigenvalue weighted by Gasteiger charge is -2.37. The summed E-state index contributed by atoms with van der Waals surface area (Å²) in [6.07, 6.45) is 9.65. The molecule has 4 rings (SSSR count). The zero-order valence-electron chi connectivity index (χ0n) is 19.5. The lowest BCUT2D eigenvalue weighted by atomic mass is 9.70. The Morgan fingerprint density at radius 2 is 1.88 bits per heavy atom. The molecule has 0 spiro atoms. The summed E-state index contributed by atoms with van der Waals surface area (Å²) in [4.78, 5) is 21.1. The minimum atomic E-state index is -0.430. The molecule has 0 radical (unpaired) electrons. The quantitative estimate of drug-likeness (QED) is 0.533. The van der Waals surface area contributed by atoms with Gasteiger partial charge in [-0.3, -0.25) is 4.68 Å². The minimum Gasteiger partial charge on any atom is -0.479 e. The topological polar surface area (TPSA) is 97.0 Å². The molecule has 32 heavy (non-hydrogen) atoms. The molecule has 0 atom stereocenters. The Kier molecular flexibility index (Phi) is 6.17. The van der Waals surface area contributed by atoms with Crippen LogP contribution in [-0.4, -0.2) is 49.2 Å². The van der Waals surface area contributed by atoms with Crippen molar-refractivity contribution in [3.63, 3.8) is 0 Å². The first kappa shape index (κ1) is 22.2. The summed E-state index contributed by atoms with van der Waals surface area (Å²) < 4.78 is 14.0. The molecular formula is C23H32N6O3. The Labute approximate surface area is 188 Å². The molecule has 1 aliphatic rings. The molecular weight excluding hydrogens is 408 g/mol. The van der Waals surface area contributed by atoms with Crippen molar-refractivity contribution in [3.8, 4) is 11.8 Å². The summed E-state index contributed by atoms with van der Waals surface area (Å²) >= 11 is 0. The van der Waals surface area contributed by atoms with Gasteiger partial charge in [0, 0.05) is 12.7 Å². The lowest BCUT2D eigenvalue weighted by Crippen LogP contribution is -2.27. The van der Waals surface area contributed by atoms with Crippen molar-refractivity contribution in [1.29, 1.82) is 0 Å². The first-order valence-corrected chi connectivity index (χ1v) is 11.3. The Balaban J connectivity index is 1.56. The predicted molar refractivity (Wildman–Crippen MR) is 120 cm³/mol. The van der Waals surface area contributed by atoms with Gasteiger partial charge in [0.25, 0.3) is 5.95 Å². The predicted octanol–water partition coefficient (Wildman–Crippen LogP) is 4.05. The number of hydrogen-bond acceptors (Lipinski definition) is 7. The van der Waals surface area contributed by atoms with E-state index >= 15 is 0 Å². The standard InChI is InChI=1S/C23H32N6O3/c1-6-32-21(30)16-11-24-29(14-16)22-26-18-12-25-28(19(18)20(27-22)31-5)13-15-7-9-17(10-8-15)23(2,3)4/h11-12,14-15,17H,6-10,13H2,1-5H3. The van der Waals surface area contributed by atoms with Gasteiger partial charge < -0.3 is 9.47 Å². The fourth-order valence-corrected chi connectivity index (χ4v) is 4.54. The first-order valence-electron chi connectivity index (χ1n) is 11.3. The van der Waals surface area contributed by atoms with E-state index in [-0.39, 0.29) is 0 Å². The highest BCUT2D eigenvalue weighted by Gasteiger charge is 2.30. The smallest absolute Gasteiger partial charge is 0.341 e. The first-order chi connectivity index (χ1) is 15.3. The molecule has 1 saturated carbocycles. The summed E-state index contributed by atoms with van der Waals surface area (Å²) in [6.45, 7) is 9.92. The van der Waals surface area contributed by atoms with E-state index in [1.54, 1.807) is 26.4 Å². The van der Waals surface area contributed by atoms with Gasteiger partial charge >= 0.3 is 5.97 Å². The minimum absolute atomic E-state index is 0.303. The molecule has 0 amide bonds. The molecule has 3 heterocycles. The number of rotatable bonds is 6. The fourth-order valence-electron chi connectivity index (χ4n) is 4.54. The Morgan fingerprint density at radius 3 is 2.53 bits per heavy atom. The van der Waals surface area contributed by atoms with Crippen molar-refractivity contribution >= 4 is 17.0 Å². The van der Waals surface area contributed by atoms with Crippen LogP contribution in [0.2, 0.25) is 0 Å². The number of esters is 1. The van der Waals surface area contributed by atoms with E-state index in [2.05, 4.69) is 40.9 Å². The molecule has 0 unspecified atom stereocenters. The van der Waals surface area contributed by atoms with Gasteiger partial charge in [-0.1, -0.05) is 20.8 Å². The van der Waals surface area contributed by atoms with E-state index in [1.165, 1.54) is 36.6 Å². The van der Waals surface area contributed by atoms with Crippen LogP contribution in [0.3, 0.4) is 0 Å². The average molecular weight is 441 g/mol. The van der Waals surface area contributed by atoms with Crippen molar-refractivity contribution in [2.45, 2.75) is 59.9 Å². The monoisotopic (exact) mass is 440 g/mol. The number of fused-ring (bicyclic) bond motifs is 1. The lowest BCUT2D eigenvalue weighted by molar-refractivity contribution is 0.0526. The summed E-state index contributed by atoms with van der Waals surface area (Å²) in [5, 5.41) is 8.80. The van der Waals surface area contributed by atoms with E-state index in [0.29, 0.717) is 40.8 Å². The van der Waals surface area contributed by atoms with E-state index in [9.17, 15) is 4.79 Å². The van der Waals surface area contributed by atoms with Crippen molar-refractivity contribution in [2.75, 3.05) is 13.7 Å². The molecule has 0 aromatic carbocycles. The summed E-state index contributed by atoms with van der Waals surface area (Å²) in [5.41, 5.74) is 2.18. The number of carbonyl (C=O) groups excluding carboxylic acids is 1. The van der Waals surface area contributed by atoms with E-state index in [4.69, 9.17) is 9.47 Å². The number of aromatic nitrogens is 6. The van der Waals surface area contributed by atoms with Crippen LogP contribution in [-0.2, 0) is 11.3 Å². The van der Waals surface area contributed by atoms with Gasteiger partial charge in [-0.15, -0.1) is 0 Å². The van der Waals surface area contributed by atoms with Gasteiger partial charge in [-0.25, -0.2) is 14.5 Å². The second-order valence-corrected chi connectivity index (χ2v) is 9.57. The zero-order chi connectivity index (χ0) is 22.9. The number of methoxy groups -OCH3 is 1. The summed E-state index contributed by atoms with van der Waals surface area (Å²) in [6, 6.07) is 0. The maximum Gasteiger partial charge on any atom is 0.341 e. The number of carbonyl (C=O) groups is 1. The van der Waals surface area contributed by atoms with E-state index in [1.807, 2.05) is 4.68 Å². The second-order valence-electron chi connectivity index (χ2n) is 9.57. The SMILES string of the molecule is CCOC(=O)c1cnn(-c2nc(OC)c3c(cnn3CC3CCC(C(C)(C)C)CC3)n2)c1. The van der Waals surface area contributed by atoms with Crippen molar-refractivity contribution in [1.82, 2.24) is 29.5 Å². The van der Waals surface area contributed by atoms with E-state index < -0.39 is 5.97 Å². The summed E-state index contributed by atoms with van der Waals surface area (Å²) in [7, 11) is 1.59. The van der Waals surface area contributed by atoms with Crippen LogP contribution < -0.4 is 4.74 Å². The van der Waals surface area contributed by atoms with Gasteiger partial charge in [0.05, 0.1) is 31.7 Å². The third-order valence-corrected chi connectivity index (χ3v) is 6.44. The molecule has 3 aromatic rings. The van der Waals surface area contributed by atoms with Crippen molar-refractivity contribution in [3.05, 3.63) is 24.2 Å². The van der Waals surface area contributed by atoms with E-state index in [0.717, 1.165) is 18.0 Å². The van der Waals surface area contributed by atoms with Gasteiger partial charge in [-0.2, -0.15) is 15.2 Å². The second kappa shape index (κ2) is 8.88. The van der Waals surface area contributed by atoms with Crippen LogP contribution in [0.25, 0.3) is 17.0 Å². The van der Waals surface area contributed by atoms with Crippen molar-refractivity contribution in [2.24, 2.45) is 17.3 Å². The normalized spacial score (nSPS) is 19.3. The van der Waals surface area contributed by atoms with Crippen molar-refractivity contribution < 1.29 is 14.3 Å². The molecule has 0 aliphatic heterocycles. The van der Waals surface area contributed by atoms with Crippen LogP contribution >= 0.6 is 0 Å². The summed E-state index contributed by atoms with van der Waals surface area (Å²) in [5.74, 6) is 1.69. The molecule has 0 saturated heterocycles. The number of hydrogen-bond donors (Lipinski definition) is 0. The van der Waals surface area contributed by atoms with Crippen LogP contribution in [0.1, 0.15) is 63.7 Å². The highest BCUT2D eigenvalue weighted by atomic mass is 16.5. The zero-order valence-corrected chi connectivity index (χ0v) is 19.5. The van der Waals surface area contributed by atoms with Crippen LogP contribution in [0.15, 0.2) is 18.6 Å². The van der Waals surface area contributed by atoms with Gasteiger partial charge in [0.1, 0.15) is 11.0 Å². The fraction of sp³-hybridized carbons (Fsp3) is 0.609. The molecule has 9 heteroatoms. The molecule has 172 valence electrons. The largest absolute Gasteiger partial charge is 0.479 e. The molecule has 3 aromatic heterocycles. The molecule has 1 fully saturated rings. The molecule has 9 nitrogen and oxygen atoms in total. The molecule has 0 bridgehead atoms.